The third-order valence-electron chi connectivity index (χ3n) is 4.41. The maximum atomic E-state index is 12.3. The molecular formula is C20H17N3O4S. The second-order valence-corrected chi connectivity index (χ2v) is 7.50. The molecule has 8 heteroatoms. The van der Waals surface area contributed by atoms with Gasteiger partial charge in [0.2, 0.25) is 0 Å². The number of benzene rings is 1. The zero-order valence-corrected chi connectivity index (χ0v) is 15.9. The van der Waals surface area contributed by atoms with E-state index in [4.69, 9.17) is 14.8 Å². The molecule has 0 saturated heterocycles. The number of ether oxygens (including phenoxy) is 1. The lowest BCUT2D eigenvalue weighted by molar-refractivity contribution is -0.136. The predicted octanol–water partition coefficient (Wildman–Crippen LogP) is 3.38. The van der Waals surface area contributed by atoms with Gasteiger partial charge in [-0.25, -0.2) is 4.98 Å². The number of carboxylic acid groups (broad SMARTS) is 1. The average Bonchev–Trinajstić information content (AvgIpc) is 3.09. The lowest BCUT2D eigenvalue weighted by atomic mass is 10.1. The Morgan fingerprint density at radius 2 is 2.18 bits per heavy atom. The summed E-state index contributed by atoms with van der Waals surface area (Å²) in [5.74, 6) is -0.644. The molecule has 1 aliphatic heterocycles. The van der Waals surface area contributed by atoms with E-state index < -0.39 is 5.97 Å². The van der Waals surface area contributed by atoms with E-state index in [1.807, 2.05) is 37.3 Å². The van der Waals surface area contributed by atoms with Crippen LogP contribution in [0.5, 0.6) is 5.75 Å². The Morgan fingerprint density at radius 1 is 1.32 bits per heavy atom. The molecule has 4 rings (SSSR count). The van der Waals surface area contributed by atoms with E-state index >= 15 is 0 Å². The van der Waals surface area contributed by atoms with Gasteiger partial charge < -0.3 is 14.7 Å². The van der Waals surface area contributed by atoms with Gasteiger partial charge in [-0.05, 0) is 37.3 Å². The van der Waals surface area contributed by atoms with Crippen molar-refractivity contribution in [2.75, 3.05) is 18.1 Å². The largest absolute Gasteiger partial charge is 0.482 e. The molecule has 0 spiro atoms. The summed E-state index contributed by atoms with van der Waals surface area (Å²) in [6, 6.07) is 11.2. The Balaban J connectivity index is 1.72. The van der Waals surface area contributed by atoms with Crippen molar-refractivity contribution in [1.82, 2.24) is 9.97 Å². The van der Waals surface area contributed by atoms with Gasteiger partial charge in [-0.3, -0.25) is 14.6 Å². The molecular weight excluding hydrogens is 378 g/mol. The highest BCUT2D eigenvalue weighted by Crippen LogP contribution is 2.39. The van der Waals surface area contributed by atoms with Crippen LogP contribution in [0.4, 0.5) is 5.69 Å². The Bertz CT molecular complexity index is 1050. The fourth-order valence-electron chi connectivity index (χ4n) is 3.07. The van der Waals surface area contributed by atoms with Gasteiger partial charge in [0, 0.05) is 23.2 Å². The number of thiazole rings is 1. The molecule has 3 heterocycles. The van der Waals surface area contributed by atoms with E-state index in [9.17, 15) is 9.59 Å². The summed E-state index contributed by atoms with van der Waals surface area (Å²) in [5, 5.41) is 9.79. The molecule has 7 nitrogen and oxygen atoms in total. The molecule has 28 heavy (non-hydrogen) atoms. The lowest BCUT2D eigenvalue weighted by Crippen LogP contribution is -2.40. The number of aliphatic carboxylic acids is 1. The fraction of sp³-hybridized carbons (Fsp3) is 0.200. The number of pyridine rings is 1. The Morgan fingerprint density at radius 3 is 2.93 bits per heavy atom. The highest BCUT2D eigenvalue weighted by Gasteiger charge is 2.27. The van der Waals surface area contributed by atoms with Crippen molar-refractivity contribution >= 4 is 28.9 Å². The van der Waals surface area contributed by atoms with Crippen molar-refractivity contribution < 1.29 is 19.4 Å². The van der Waals surface area contributed by atoms with E-state index in [-0.39, 0.29) is 25.5 Å². The van der Waals surface area contributed by atoms with Crippen LogP contribution < -0.4 is 9.64 Å². The normalized spacial score (nSPS) is 13.2. The smallest absolute Gasteiger partial charge is 0.305 e. The number of carboxylic acids is 1. The van der Waals surface area contributed by atoms with Crippen LogP contribution in [0.2, 0.25) is 0 Å². The fourth-order valence-corrected chi connectivity index (χ4v) is 3.98. The molecule has 0 fully saturated rings. The molecule has 0 bridgehead atoms. The zero-order valence-electron chi connectivity index (χ0n) is 15.1. The number of nitrogens with zero attached hydrogens (tertiary/aromatic N) is 3. The predicted molar refractivity (Wildman–Crippen MR) is 106 cm³/mol. The quantitative estimate of drug-likeness (QED) is 0.712. The zero-order chi connectivity index (χ0) is 19.7. The summed E-state index contributed by atoms with van der Waals surface area (Å²) in [5.41, 5.74) is 3.03. The van der Waals surface area contributed by atoms with Crippen LogP contribution in [0, 0.1) is 6.92 Å². The van der Waals surface area contributed by atoms with Crippen LogP contribution in [-0.4, -0.2) is 40.1 Å². The number of aromatic nitrogens is 2. The summed E-state index contributed by atoms with van der Waals surface area (Å²) in [4.78, 5) is 34.8. The Kier molecular flexibility index (Phi) is 4.79. The van der Waals surface area contributed by atoms with Gasteiger partial charge >= 0.3 is 5.97 Å². The van der Waals surface area contributed by atoms with Gasteiger partial charge in [0.05, 0.1) is 23.5 Å². The standard InChI is InChI=1S/C20H17N3O4S/c1-12-19(22-20(28-12)14-4-2-3-8-21-14)13-5-6-16-15(10-13)23(9-7-18(25)26)17(24)11-27-16/h2-6,8,10H,7,9,11H2,1H3,(H,25,26). The third-order valence-corrected chi connectivity index (χ3v) is 5.40. The first kappa shape index (κ1) is 18.1. The second kappa shape index (κ2) is 7.40. The van der Waals surface area contributed by atoms with Gasteiger partial charge in [0.15, 0.2) is 6.61 Å². The topological polar surface area (TPSA) is 92.6 Å². The van der Waals surface area contributed by atoms with Crippen molar-refractivity contribution in [2.24, 2.45) is 0 Å². The maximum Gasteiger partial charge on any atom is 0.305 e. The number of carbonyl (C=O) groups excluding carboxylic acids is 1. The van der Waals surface area contributed by atoms with Gasteiger partial charge in [-0.2, -0.15) is 0 Å². The molecule has 0 saturated carbocycles. The first-order valence-corrected chi connectivity index (χ1v) is 9.53. The summed E-state index contributed by atoms with van der Waals surface area (Å²) in [6.45, 7) is 2.00. The Labute approximate surface area is 165 Å². The van der Waals surface area contributed by atoms with E-state index in [1.54, 1.807) is 23.6 Å². The van der Waals surface area contributed by atoms with Gasteiger partial charge in [-0.15, -0.1) is 11.3 Å². The van der Waals surface area contributed by atoms with Crippen molar-refractivity contribution in [1.29, 1.82) is 0 Å². The molecule has 1 N–H and O–H groups in total. The number of amides is 1. The number of anilines is 1. The summed E-state index contributed by atoms with van der Waals surface area (Å²) < 4.78 is 5.50. The average molecular weight is 395 g/mol. The van der Waals surface area contributed by atoms with E-state index in [0.29, 0.717) is 11.4 Å². The minimum absolute atomic E-state index is 0.0917. The monoisotopic (exact) mass is 395 g/mol. The van der Waals surface area contributed by atoms with Crippen molar-refractivity contribution in [3.8, 4) is 27.7 Å². The van der Waals surface area contributed by atoms with E-state index in [1.165, 1.54) is 4.90 Å². The van der Waals surface area contributed by atoms with Crippen molar-refractivity contribution in [2.45, 2.75) is 13.3 Å². The molecule has 1 aromatic carbocycles. The minimum atomic E-state index is -0.952. The van der Waals surface area contributed by atoms with Gasteiger partial charge in [0.1, 0.15) is 10.8 Å². The molecule has 142 valence electrons. The molecule has 2 aromatic heterocycles. The highest BCUT2D eigenvalue weighted by molar-refractivity contribution is 7.15. The molecule has 0 aliphatic carbocycles. The molecule has 1 amide bonds. The SMILES string of the molecule is Cc1sc(-c2ccccn2)nc1-c1ccc2c(c1)N(CCC(=O)O)C(=O)CO2. The van der Waals surface area contributed by atoms with Crippen LogP contribution in [-0.2, 0) is 9.59 Å². The third kappa shape index (κ3) is 3.46. The van der Waals surface area contributed by atoms with Gasteiger partial charge in [0.25, 0.3) is 5.91 Å². The summed E-state index contributed by atoms with van der Waals surface area (Å²) in [6.07, 6.45) is 1.60. The lowest BCUT2D eigenvalue weighted by Gasteiger charge is -2.29. The summed E-state index contributed by atoms with van der Waals surface area (Å²) in [7, 11) is 0. The van der Waals surface area contributed by atoms with Gasteiger partial charge in [-0.1, -0.05) is 6.07 Å². The second-order valence-electron chi connectivity index (χ2n) is 6.30. The highest BCUT2D eigenvalue weighted by atomic mass is 32.1. The molecule has 1 aliphatic rings. The number of fused-ring (bicyclic) bond motifs is 1. The van der Waals surface area contributed by atoms with E-state index in [0.717, 1.165) is 26.8 Å². The van der Waals surface area contributed by atoms with Crippen LogP contribution in [0.3, 0.4) is 0 Å². The van der Waals surface area contributed by atoms with Crippen LogP contribution in [0.15, 0.2) is 42.6 Å². The number of carbonyl (C=O) groups is 2. The van der Waals surface area contributed by atoms with Crippen LogP contribution >= 0.6 is 11.3 Å². The summed E-state index contributed by atoms with van der Waals surface area (Å²) >= 11 is 1.55. The van der Waals surface area contributed by atoms with Crippen molar-refractivity contribution in [3.63, 3.8) is 0 Å². The molecule has 0 atom stereocenters. The van der Waals surface area contributed by atoms with Crippen LogP contribution in [0.25, 0.3) is 22.0 Å². The Hall–Kier alpha value is -3.26. The first-order valence-electron chi connectivity index (χ1n) is 8.71. The minimum Gasteiger partial charge on any atom is -0.482 e. The van der Waals surface area contributed by atoms with Crippen molar-refractivity contribution in [3.05, 3.63) is 47.5 Å². The number of hydrogen-bond donors (Lipinski definition) is 1. The number of aryl methyl sites for hydroxylation is 1. The number of rotatable bonds is 5. The number of hydrogen-bond acceptors (Lipinski definition) is 6. The maximum absolute atomic E-state index is 12.3. The first-order chi connectivity index (χ1) is 13.5. The van der Waals surface area contributed by atoms with Crippen LogP contribution in [0.1, 0.15) is 11.3 Å². The molecule has 0 unspecified atom stereocenters. The molecule has 3 aromatic rings. The van der Waals surface area contributed by atoms with E-state index in [2.05, 4.69) is 4.98 Å². The molecule has 0 radical (unpaired) electrons.